The van der Waals surface area contributed by atoms with Gasteiger partial charge in [0.1, 0.15) is 5.82 Å². The van der Waals surface area contributed by atoms with Crippen LogP contribution in [0.4, 0.5) is 5.82 Å². The molecule has 0 aliphatic rings. The molecule has 1 heterocycles. The maximum absolute atomic E-state index is 4.61. The lowest BCUT2D eigenvalue weighted by molar-refractivity contribution is 0.958. The van der Waals surface area contributed by atoms with Gasteiger partial charge in [-0.2, -0.15) is 0 Å². The third-order valence-electron chi connectivity index (χ3n) is 2.59. The molecular weight excluding hydrogens is 337 g/mol. The molecule has 0 atom stereocenters. The van der Waals surface area contributed by atoms with Crippen molar-refractivity contribution in [2.45, 2.75) is 20.3 Å². The molecule has 1 aromatic heterocycles. The zero-order valence-corrected chi connectivity index (χ0v) is 12.7. The zero-order chi connectivity index (χ0) is 13.0. The first-order valence-corrected chi connectivity index (χ1v) is 7.13. The number of nitrogens with one attached hydrogen (secondary N) is 1. The van der Waals surface area contributed by atoms with E-state index < -0.39 is 0 Å². The summed E-state index contributed by atoms with van der Waals surface area (Å²) in [4.78, 5) is 9.16. The second-order valence-electron chi connectivity index (χ2n) is 4.09. The first-order valence-electron chi connectivity index (χ1n) is 6.05. The quantitative estimate of drug-likeness (QED) is 0.848. The van der Waals surface area contributed by atoms with Crippen LogP contribution in [0.1, 0.15) is 19.0 Å². The van der Waals surface area contributed by atoms with Gasteiger partial charge in [-0.1, -0.05) is 37.3 Å². The van der Waals surface area contributed by atoms with Crippen molar-refractivity contribution in [1.82, 2.24) is 9.97 Å². The van der Waals surface area contributed by atoms with Crippen LogP contribution < -0.4 is 5.32 Å². The van der Waals surface area contributed by atoms with Gasteiger partial charge in [0, 0.05) is 12.1 Å². The Morgan fingerprint density at radius 1 is 1.17 bits per heavy atom. The molecule has 1 aromatic carbocycles. The van der Waals surface area contributed by atoms with Crippen molar-refractivity contribution >= 4 is 28.4 Å². The number of benzene rings is 1. The molecule has 0 amide bonds. The average molecular weight is 353 g/mol. The van der Waals surface area contributed by atoms with Crippen LogP contribution >= 0.6 is 22.6 Å². The molecule has 0 saturated carbocycles. The average Bonchev–Trinajstić information content (AvgIpc) is 2.41. The van der Waals surface area contributed by atoms with Gasteiger partial charge in [0.25, 0.3) is 0 Å². The molecule has 0 fully saturated rings. The lowest BCUT2D eigenvalue weighted by atomic mass is 10.2. The van der Waals surface area contributed by atoms with Crippen molar-refractivity contribution in [1.29, 1.82) is 0 Å². The van der Waals surface area contributed by atoms with E-state index >= 15 is 0 Å². The van der Waals surface area contributed by atoms with Crippen LogP contribution in [0, 0.1) is 10.5 Å². The molecule has 0 radical (unpaired) electrons. The van der Waals surface area contributed by atoms with Crippen LogP contribution in [-0.4, -0.2) is 16.5 Å². The van der Waals surface area contributed by atoms with Gasteiger partial charge in [-0.05, 0) is 35.9 Å². The minimum absolute atomic E-state index is 0.784. The number of aryl methyl sites for hydroxylation is 1. The fraction of sp³-hybridized carbons (Fsp3) is 0.286. The van der Waals surface area contributed by atoms with Crippen molar-refractivity contribution in [3.63, 3.8) is 0 Å². The second-order valence-corrected chi connectivity index (χ2v) is 5.17. The smallest absolute Gasteiger partial charge is 0.161 e. The van der Waals surface area contributed by atoms with E-state index in [9.17, 15) is 0 Å². The number of rotatable bonds is 4. The molecule has 2 rings (SSSR count). The Kier molecular flexibility index (Phi) is 4.52. The summed E-state index contributed by atoms with van der Waals surface area (Å²) in [5.41, 5.74) is 2.07. The van der Waals surface area contributed by atoms with Gasteiger partial charge in [0.05, 0.1) is 9.26 Å². The van der Waals surface area contributed by atoms with Crippen LogP contribution in [0.15, 0.2) is 30.3 Å². The van der Waals surface area contributed by atoms with Crippen LogP contribution in [0.25, 0.3) is 11.4 Å². The summed E-state index contributed by atoms with van der Waals surface area (Å²) < 4.78 is 1.10. The van der Waals surface area contributed by atoms with E-state index in [2.05, 4.69) is 44.8 Å². The summed E-state index contributed by atoms with van der Waals surface area (Å²) >= 11 is 2.29. The molecule has 3 nitrogen and oxygen atoms in total. The first-order chi connectivity index (χ1) is 8.72. The summed E-state index contributed by atoms with van der Waals surface area (Å²) in [6.07, 6.45) is 1.08. The number of hydrogen-bond acceptors (Lipinski definition) is 3. The number of hydrogen-bond donors (Lipinski definition) is 1. The minimum atomic E-state index is 0.784. The highest BCUT2D eigenvalue weighted by Crippen LogP contribution is 2.23. The van der Waals surface area contributed by atoms with Gasteiger partial charge in [0.2, 0.25) is 0 Å². The summed E-state index contributed by atoms with van der Waals surface area (Å²) in [6.45, 7) is 5.10. The summed E-state index contributed by atoms with van der Waals surface area (Å²) in [5, 5.41) is 3.35. The summed E-state index contributed by atoms with van der Waals surface area (Å²) in [7, 11) is 0. The number of halogens is 1. The maximum Gasteiger partial charge on any atom is 0.161 e. The first kappa shape index (κ1) is 13.3. The molecular formula is C14H16IN3. The molecule has 0 saturated heterocycles. The number of anilines is 1. The predicted octanol–water partition coefficient (Wildman–Crippen LogP) is 3.88. The molecule has 0 unspecified atom stereocenters. The Labute approximate surface area is 121 Å². The maximum atomic E-state index is 4.61. The highest BCUT2D eigenvalue weighted by Gasteiger charge is 2.09. The Bertz CT molecular complexity index is 526. The van der Waals surface area contributed by atoms with Gasteiger partial charge in [-0.15, -0.1) is 0 Å². The van der Waals surface area contributed by atoms with E-state index in [0.29, 0.717) is 0 Å². The monoisotopic (exact) mass is 353 g/mol. The third kappa shape index (κ3) is 2.98. The molecule has 0 aliphatic heterocycles. The van der Waals surface area contributed by atoms with Crippen molar-refractivity contribution in [3.05, 3.63) is 39.6 Å². The molecule has 18 heavy (non-hydrogen) atoms. The predicted molar refractivity (Wildman–Crippen MR) is 83.7 cm³/mol. The van der Waals surface area contributed by atoms with Crippen molar-refractivity contribution in [2.75, 3.05) is 11.9 Å². The third-order valence-corrected chi connectivity index (χ3v) is 3.88. The van der Waals surface area contributed by atoms with Crippen LogP contribution in [0.3, 0.4) is 0 Å². The highest BCUT2D eigenvalue weighted by molar-refractivity contribution is 14.1. The standard InChI is InChI=1S/C14H16IN3/c1-3-9-16-14-12(15)10(2)17-13(18-14)11-7-5-4-6-8-11/h4-8H,3,9H2,1-2H3,(H,16,17,18). The van der Waals surface area contributed by atoms with E-state index in [4.69, 9.17) is 0 Å². The molecule has 0 spiro atoms. The molecule has 4 heteroatoms. The molecule has 1 N–H and O–H groups in total. The lowest BCUT2D eigenvalue weighted by Gasteiger charge is -2.10. The van der Waals surface area contributed by atoms with Crippen LogP contribution in [0.5, 0.6) is 0 Å². The highest BCUT2D eigenvalue weighted by atomic mass is 127. The Balaban J connectivity index is 2.41. The lowest BCUT2D eigenvalue weighted by Crippen LogP contribution is -2.07. The van der Waals surface area contributed by atoms with Crippen molar-refractivity contribution in [2.24, 2.45) is 0 Å². The molecule has 0 bridgehead atoms. The normalized spacial score (nSPS) is 10.4. The molecule has 94 valence electrons. The van der Waals surface area contributed by atoms with Crippen LogP contribution in [-0.2, 0) is 0 Å². The van der Waals surface area contributed by atoms with E-state index in [1.807, 2.05) is 37.3 Å². The van der Waals surface area contributed by atoms with Gasteiger partial charge in [0.15, 0.2) is 5.82 Å². The molecule has 0 aliphatic carbocycles. The second kappa shape index (κ2) is 6.13. The van der Waals surface area contributed by atoms with E-state index in [1.165, 1.54) is 0 Å². The van der Waals surface area contributed by atoms with Gasteiger partial charge in [-0.25, -0.2) is 9.97 Å². The Hall–Kier alpha value is -1.17. The van der Waals surface area contributed by atoms with Crippen LogP contribution in [0.2, 0.25) is 0 Å². The van der Waals surface area contributed by atoms with Gasteiger partial charge < -0.3 is 5.32 Å². The Morgan fingerprint density at radius 3 is 2.56 bits per heavy atom. The topological polar surface area (TPSA) is 37.8 Å². The summed E-state index contributed by atoms with van der Waals surface area (Å²) in [6, 6.07) is 10.1. The summed E-state index contributed by atoms with van der Waals surface area (Å²) in [5.74, 6) is 1.72. The van der Waals surface area contributed by atoms with Gasteiger partial charge >= 0.3 is 0 Å². The minimum Gasteiger partial charge on any atom is -0.369 e. The van der Waals surface area contributed by atoms with Crippen molar-refractivity contribution in [3.8, 4) is 11.4 Å². The largest absolute Gasteiger partial charge is 0.369 e. The SMILES string of the molecule is CCCNc1nc(-c2ccccc2)nc(C)c1I. The van der Waals surface area contributed by atoms with E-state index in [1.54, 1.807) is 0 Å². The fourth-order valence-electron chi connectivity index (χ4n) is 1.64. The van der Waals surface area contributed by atoms with Gasteiger partial charge in [-0.3, -0.25) is 0 Å². The number of nitrogens with zero attached hydrogens (tertiary/aromatic N) is 2. The van der Waals surface area contributed by atoms with E-state index in [-0.39, 0.29) is 0 Å². The molecule has 2 aromatic rings. The fourth-order valence-corrected chi connectivity index (χ4v) is 2.07. The Morgan fingerprint density at radius 2 is 1.89 bits per heavy atom. The van der Waals surface area contributed by atoms with E-state index in [0.717, 1.165) is 39.4 Å². The number of aromatic nitrogens is 2. The van der Waals surface area contributed by atoms with Crippen molar-refractivity contribution < 1.29 is 0 Å². The zero-order valence-electron chi connectivity index (χ0n) is 10.6.